The summed E-state index contributed by atoms with van der Waals surface area (Å²) in [6, 6.07) is 1.44. The molecule has 9 heteroatoms. The lowest BCUT2D eigenvalue weighted by molar-refractivity contribution is 0.0952. The predicted molar refractivity (Wildman–Crippen MR) is 82.7 cm³/mol. The average Bonchev–Trinajstić information content (AvgIpc) is 2.39. The Labute approximate surface area is 129 Å². The molecular formula is C12H19ClN4O3S. The number of halogens is 1. The van der Waals surface area contributed by atoms with Crippen LogP contribution in [-0.4, -0.2) is 49.5 Å². The molecule has 0 saturated heterocycles. The van der Waals surface area contributed by atoms with E-state index in [4.69, 9.17) is 17.3 Å². The molecule has 1 amide bonds. The summed E-state index contributed by atoms with van der Waals surface area (Å²) in [5.74, 6) is -0.387. The Morgan fingerprint density at radius 2 is 2.19 bits per heavy atom. The number of nitrogens with zero attached hydrogens (tertiary/aromatic N) is 2. The Kier molecular flexibility index (Phi) is 6.38. The van der Waals surface area contributed by atoms with Gasteiger partial charge in [-0.2, -0.15) is 0 Å². The maximum absolute atomic E-state index is 11.9. The second-order valence-corrected chi connectivity index (χ2v) is 6.81. The number of carbonyl (C=O) groups excluding carboxylic acids is 1. The van der Waals surface area contributed by atoms with Gasteiger partial charge in [0, 0.05) is 19.6 Å². The Bertz CT molecular complexity index is 607. The van der Waals surface area contributed by atoms with Gasteiger partial charge >= 0.3 is 0 Å². The topological polar surface area (TPSA) is 105 Å². The number of aromatic nitrogens is 1. The number of hydrogen-bond acceptors (Lipinski definition) is 5. The zero-order valence-corrected chi connectivity index (χ0v) is 13.5. The van der Waals surface area contributed by atoms with Crippen LogP contribution in [0.4, 0.5) is 5.69 Å². The number of hydrogen-bond donors (Lipinski definition) is 2. The van der Waals surface area contributed by atoms with Crippen LogP contribution in [0.2, 0.25) is 5.15 Å². The molecule has 0 aromatic carbocycles. The van der Waals surface area contributed by atoms with Crippen LogP contribution in [0.5, 0.6) is 0 Å². The van der Waals surface area contributed by atoms with Gasteiger partial charge in [-0.3, -0.25) is 4.79 Å². The van der Waals surface area contributed by atoms with Gasteiger partial charge in [-0.25, -0.2) is 17.7 Å². The number of amides is 1. The molecule has 0 aliphatic carbocycles. The molecule has 0 atom stereocenters. The standard InChI is InChI=1S/C12H19ClN4O3S/c1-3-17(21(2,19)20)6-4-5-15-12(18)10-7-9(14)8-16-11(10)13/h7-8H,3-6,14H2,1-2H3,(H,15,18). The summed E-state index contributed by atoms with van der Waals surface area (Å²) in [6.45, 7) is 2.84. The molecule has 0 spiro atoms. The molecule has 1 rings (SSSR count). The molecule has 7 nitrogen and oxygen atoms in total. The first-order valence-electron chi connectivity index (χ1n) is 6.40. The third-order valence-corrected chi connectivity index (χ3v) is 4.48. The molecule has 1 heterocycles. The number of nitrogens with two attached hydrogens (primary N) is 1. The summed E-state index contributed by atoms with van der Waals surface area (Å²) in [7, 11) is -3.21. The highest BCUT2D eigenvalue weighted by atomic mass is 35.5. The third kappa shape index (κ3) is 5.49. The summed E-state index contributed by atoms with van der Waals surface area (Å²) < 4.78 is 24.1. The Morgan fingerprint density at radius 1 is 1.52 bits per heavy atom. The minimum Gasteiger partial charge on any atom is -0.397 e. The zero-order valence-electron chi connectivity index (χ0n) is 12.0. The molecule has 0 fully saturated rings. The first-order chi connectivity index (χ1) is 9.75. The van der Waals surface area contributed by atoms with E-state index in [0.29, 0.717) is 31.7 Å². The molecule has 21 heavy (non-hydrogen) atoms. The van der Waals surface area contributed by atoms with Crippen LogP contribution in [0.1, 0.15) is 23.7 Å². The minimum atomic E-state index is -3.21. The number of nitrogen functional groups attached to an aromatic ring is 1. The van der Waals surface area contributed by atoms with Gasteiger partial charge in [0.05, 0.1) is 23.7 Å². The molecule has 0 bridgehead atoms. The lowest BCUT2D eigenvalue weighted by Crippen LogP contribution is -2.33. The van der Waals surface area contributed by atoms with Crippen molar-refractivity contribution in [3.8, 4) is 0 Å². The number of carbonyl (C=O) groups is 1. The smallest absolute Gasteiger partial charge is 0.254 e. The molecule has 1 aromatic rings. The molecule has 1 aromatic heterocycles. The van der Waals surface area contributed by atoms with E-state index in [9.17, 15) is 13.2 Å². The predicted octanol–water partition coefficient (Wildman–Crippen LogP) is 0.719. The molecule has 0 radical (unpaired) electrons. The van der Waals surface area contributed by atoms with Gasteiger partial charge in [0.2, 0.25) is 10.0 Å². The second kappa shape index (κ2) is 7.58. The van der Waals surface area contributed by atoms with Gasteiger partial charge in [0.25, 0.3) is 5.91 Å². The lowest BCUT2D eigenvalue weighted by Gasteiger charge is -2.17. The molecule has 3 N–H and O–H groups in total. The summed E-state index contributed by atoms with van der Waals surface area (Å²) in [5.41, 5.74) is 6.10. The van der Waals surface area contributed by atoms with E-state index < -0.39 is 10.0 Å². The summed E-state index contributed by atoms with van der Waals surface area (Å²) in [4.78, 5) is 15.7. The van der Waals surface area contributed by atoms with Crippen LogP contribution in [-0.2, 0) is 10.0 Å². The third-order valence-electron chi connectivity index (χ3n) is 2.80. The normalized spacial score (nSPS) is 11.6. The first-order valence-corrected chi connectivity index (χ1v) is 8.62. The van der Waals surface area contributed by atoms with Crippen molar-refractivity contribution in [1.82, 2.24) is 14.6 Å². The Balaban J connectivity index is 2.49. The molecular weight excluding hydrogens is 316 g/mol. The summed E-state index contributed by atoms with van der Waals surface area (Å²) in [6.07, 6.45) is 3.03. The molecule has 0 aliphatic rings. The van der Waals surface area contributed by atoms with Crippen LogP contribution in [0, 0.1) is 0 Å². The first kappa shape index (κ1) is 17.7. The van der Waals surface area contributed by atoms with Crippen molar-refractivity contribution in [2.75, 3.05) is 31.6 Å². The number of anilines is 1. The molecule has 0 unspecified atom stereocenters. The molecule has 118 valence electrons. The van der Waals surface area contributed by atoms with Crippen molar-refractivity contribution in [2.24, 2.45) is 0 Å². The van der Waals surface area contributed by atoms with Crippen LogP contribution in [0.15, 0.2) is 12.3 Å². The monoisotopic (exact) mass is 334 g/mol. The van der Waals surface area contributed by atoms with Crippen molar-refractivity contribution in [1.29, 1.82) is 0 Å². The van der Waals surface area contributed by atoms with Gasteiger partial charge < -0.3 is 11.1 Å². The highest BCUT2D eigenvalue weighted by Crippen LogP contribution is 2.15. The van der Waals surface area contributed by atoms with Gasteiger partial charge in [0.15, 0.2) is 0 Å². The van der Waals surface area contributed by atoms with Gasteiger partial charge in [-0.1, -0.05) is 18.5 Å². The fourth-order valence-corrected chi connectivity index (χ4v) is 2.85. The van der Waals surface area contributed by atoms with Crippen molar-refractivity contribution in [3.05, 3.63) is 23.0 Å². The number of pyridine rings is 1. The summed E-state index contributed by atoms with van der Waals surface area (Å²) >= 11 is 5.82. The quantitative estimate of drug-likeness (QED) is 0.564. The van der Waals surface area contributed by atoms with Crippen molar-refractivity contribution >= 4 is 33.2 Å². The van der Waals surface area contributed by atoms with Crippen LogP contribution in [0.25, 0.3) is 0 Å². The van der Waals surface area contributed by atoms with E-state index in [1.165, 1.54) is 16.6 Å². The van der Waals surface area contributed by atoms with Gasteiger partial charge in [-0.15, -0.1) is 0 Å². The number of nitrogens with one attached hydrogen (secondary N) is 1. The SMILES string of the molecule is CCN(CCCNC(=O)c1cc(N)cnc1Cl)S(C)(=O)=O. The minimum absolute atomic E-state index is 0.0769. The Morgan fingerprint density at radius 3 is 2.76 bits per heavy atom. The highest BCUT2D eigenvalue weighted by Gasteiger charge is 2.14. The van der Waals surface area contributed by atoms with Crippen LogP contribution >= 0.6 is 11.6 Å². The molecule has 0 saturated carbocycles. The van der Waals surface area contributed by atoms with Crippen molar-refractivity contribution in [3.63, 3.8) is 0 Å². The maximum Gasteiger partial charge on any atom is 0.254 e. The average molecular weight is 335 g/mol. The maximum atomic E-state index is 11.9. The van der Waals surface area contributed by atoms with Crippen LogP contribution in [0.3, 0.4) is 0 Å². The highest BCUT2D eigenvalue weighted by molar-refractivity contribution is 7.88. The van der Waals surface area contributed by atoms with Crippen molar-refractivity contribution < 1.29 is 13.2 Å². The van der Waals surface area contributed by atoms with Gasteiger partial charge in [0.1, 0.15) is 5.15 Å². The van der Waals surface area contributed by atoms with E-state index in [1.807, 2.05) is 0 Å². The van der Waals surface area contributed by atoms with E-state index in [0.717, 1.165) is 6.26 Å². The van der Waals surface area contributed by atoms with E-state index in [-0.39, 0.29) is 16.6 Å². The number of rotatable bonds is 7. The van der Waals surface area contributed by atoms with E-state index in [2.05, 4.69) is 10.3 Å². The fraction of sp³-hybridized carbons (Fsp3) is 0.500. The largest absolute Gasteiger partial charge is 0.397 e. The second-order valence-electron chi connectivity index (χ2n) is 4.47. The van der Waals surface area contributed by atoms with Crippen molar-refractivity contribution in [2.45, 2.75) is 13.3 Å². The fourth-order valence-electron chi connectivity index (χ4n) is 1.73. The number of sulfonamides is 1. The van der Waals surface area contributed by atoms with E-state index >= 15 is 0 Å². The van der Waals surface area contributed by atoms with E-state index in [1.54, 1.807) is 6.92 Å². The lowest BCUT2D eigenvalue weighted by atomic mass is 10.2. The van der Waals surface area contributed by atoms with Gasteiger partial charge in [-0.05, 0) is 12.5 Å². The molecule has 0 aliphatic heterocycles. The zero-order chi connectivity index (χ0) is 16.0. The van der Waals surface area contributed by atoms with Crippen LogP contribution < -0.4 is 11.1 Å². The Hall–Kier alpha value is -1.38. The summed E-state index contributed by atoms with van der Waals surface area (Å²) in [5, 5.41) is 2.73.